The molecule has 19 heteroatoms. The second kappa shape index (κ2) is 17.0. The van der Waals surface area contributed by atoms with Crippen molar-refractivity contribution in [1.29, 1.82) is 0 Å². The Morgan fingerprint density at radius 1 is 0.846 bits per heavy atom. The molecule has 0 spiro atoms. The number of ether oxygens (including phenoxy) is 4. The van der Waals surface area contributed by atoms with Crippen LogP contribution in [0.5, 0.6) is 23.0 Å². The van der Waals surface area contributed by atoms with E-state index in [1.165, 1.54) is 32.4 Å². The lowest BCUT2D eigenvalue weighted by molar-refractivity contribution is -0.387. The molecule has 4 atom stereocenters. The Balaban J connectivity index is 2.11. The number of rotatable bonds is 13. The van der Waals surface area contributed by atoms with Gasteiger partial charge in [-0.05, 0) is 83.7 Å². The third-order valence-corrected chi connectivity index (χ3v) is 7.79. The molecule has 0 saturated carbocycles. The molecule has 0 radical (unpaired) electrons. The number of carbonyl (C=O) groups is 4. The maximum absolute atomic E-state index is 14.0. The van der Waals surface area contributed by atoms with E-state index in [0.29, 0.717) is 22.4 Å². The number of aliphatic hydroxyl groups excluding tert-OH is 1. The largest absolute Gasteiger partial charge is 0.504 e. The molecule has 52 heavy (non-hydrogen) atoms. The number of esters is 1. The van der Waals surface area contributed by atoms with Gasteiger partial charge in [-0.2, -0.15) is 4.39 Å². The number of phenolic OH excluding ortho intramolecular Hbond substituents is 2. The maximum Gasteiger partial charge on any atom is 0.408 e. The molecule has 3 amide bonds. The average Bonchev–Trinajstić information content (AvgIpc) is 3.06. The van der Waals surface area contributed by atoms with Gasteiger partial charge in [0, 0.05) is 6.07 Å². The molecule has 0 saturated heterocycles. The van der Waals surface area contributed by atoms with Crippen molar-refractivity contribution in [3.8, 4) is 23.0 Å². The van der Waals surface area contributed by atoms with Gasteiger partial charge in [0.2, 0.25) is 23.4 Å². The third-order valence-electron chi connectivity index (χ3n) is 7.17. The summed E-state index contributed by atoms with van der Waals surface area (Å²) in [6, 6.07) is 3.11. The SMILES string of the molecule is COC(=O)[C@@H](NC(=O)[C@H](NC(=O)[C@H](NC(=O)OC(C)(C)C)c1cc(O)c(OC)c(O)c1)c1ccc(OC)c(Br)c1)[C@H](O)c1ccc(F)c([N+](=O)[O-])c1. The van der Waals surface area contributed by atoms with E-state index in [-0.39, 0.29) is 22.4 Å². The topological polar surface area (TPSA) is 245 Å². The predicted octanol–water partition coefficient (Wildman–Crippen LogP) is 3.74. The van der Waals surface area contributed by atoms with E-state index in [4.69, 9.17) is 18.9 Å². The summed E-state index contributed by atoms with van der Waals surface area (Å²) >= 11 is 3.30. The summed E-state index contributed by atoms with van der Waals surface area (Å²) in [6.45, 7) is 4.68. The third kappa shape index (κ3) is 9.97. The zero-order chi connectivity index (χ0) is 39.1. The number of nitro benzene ring substituents is 1. The zero-order valence-electron chi connectivity index (χ0n) is 28.6. The Morgan fingerprint density at radius 3 is 1.94 bits per heavy atom. The smallest absolute Gasteiger partial charge is 0.408 e. The van der Waals surface area contributed by atoms with Gasteiger partial charge in [0.25, 0.3) is 0 Å². The molecule has 0 unspecified atom stereocenters. The van der Waals surface area contributed by atoms with Gasteiger partial charge in [-0.25, -0.2) is 9.59 Å². The number of hydrogen-bond donors (Lipinski definition) is 6. The Kier molecular flexibility index (Phi) is 13.3. The Bertz CT molecular complexity index is 1830. The molecule has 3 rings (SSSR count). The molecule has 0 aliphatic rings. The number of phenols is 2. The number of aromatic hydroxyl groups is 2. The molecule has 0 heterocycles. The normalized spacial score (nSPS) is 13.4. The van der Waals surface area contributed by atoms with Crippen molar-refractivity contribution in [3.05, 3.63) is 85.6 Å². The predicted molar refractivity (Wildman–Crippen MR) is 182 cm³/mol. The molecule has 0 bridgehead atoms. The highest BCUT2D eigenvalue weighted by atomic mass is 79.9. The summed E-state index contributed by atoms with van der Waals surface area (Å²) in [7, 11) is 3.48. The van der Waals surface area contributed by atoms with Crippen molar-refractivity contribution in [2.75, 3.05) is 21.3 Å². The van der Waals surface area contributed by atoms with Crippen molar-refractivity contribution in [1.82, 2.24) is 16.0 Å². The lowest BCUT2D eigenvalue weighted by atomic mass is 9.99. The van der Waals surface area contributed by atoms with Crippen LogP contribution in [0.25, 0.3) is 0 Å². The molecule has 280 valence electrons. The van der Waals surface area contributed by atoms with Crippen molar-refractivity contribution < 1.29 is 62.8 Å². The van der Waals surface area contributed by atoms with Crippen molar-refractivity contribution in [2.24, 2.45) is 0 Å². The average molecular weight is 796 g/mol. The summed E-state index contributed by atoms with van der Waals surface area (Å²) in [5.41, 5.74) is -2.50. The van der Waals surface area contributed by atoms with Crippen LogP contribution in [0.3, 0.4) is 0 Å². The molecule has 6 N–H and O–H groups in total. The maximum atomic E-state index is 14.0. The van der Waals surface area contributed by atoms with Gasteiger partial charge < -0.3 is 50.2 Å². The lowest BCUT2D eigenvalue weighted by Gasteiger charge is -2.28. The van der Waals surface area contributed by atoms with Gasteiger partial charge >= 0.3 is 17.7 Å². The highest BCUT2D eigenvalue weighted by Gasteiger charge is 2.37. The number of carbonyl (C=O) groups excluding carboxylic acids is 4. The minimum atomic E-state index is -2.03. The first-order valence-corrected chi connectivity index (χ1v) is 15.8. The molecule has 0 aliphatic carbocycles. The van der Waals surface area contributed by atoms with Crippen LogP contribution in [-0.2, 0) is 23.9 Å². The van der Waals surface area contributed by atoms with Crippen LogP contribution in [-0.4, -0.2) is 77.1 Å². The number of hydrogen-bond acceptors (Lipinski definition) is 13. The van der Waals surface area contributed by atoms with Crippen molar-refractivity contribution in [3.63, 3.8) is 0 Å². The van der Waals surface area contributed by atoms with Gasteiger partial charge in [-0.3, -0.25) is 19.7 Å². The summed E-state index contributed by atoms with van der Waals surface area (Å²) in [4.78, 5) is 64.1. The number of nitro groups is 1. The van der Waals surface area contributed by atoms with E-state index >= 15 is 0 Å². The van der Waals surface area contributed by atoms with Gasteiger partial charge in [-0.15, -0.1) is 0 Å². The Hall–Kier alpha value is -5.69. The van der Waals surface area contributed by atoms with E-state index in [9.17, 15) is 49.0 Å². The molecule has 0 fully saturated rings. The fourth-order valence-corrected chi connectivity index (χ4v) is 5.34. The first kappa shape index (κ1) is 40.7. The Morgan fingerprint density at radius 2 is 1.42 bits per heavy atom. The Labute approximate surface area is 304 Å². The zero-order valence-corrected chi connectivity index (χ0v) is 30.1. The highest BCUT2D eigenvalue weighted by molar-refractivity contribution is 9.10. The van der Waals surface area contributed by atoms with Crippen molar-refractivity contribution in [2.45, 2.75) is 50.6 Å². The number of methoxy groups -OCH3 is 3. The van der Waals surface area contributed by atoms with E-state index in [1.54, 1.807) is 20.8 Å². The van der Waals surface area contributed by atoms with E-state index in [1.807, 2.05) is 0 Å². The van der Waals surface area contributed by atoms with Gasteiger partial charge in [0.05, 0.1) is 30.7 Å². The summed E-state index contributed by atoms with van der Waals surface area (Å²) in [5.74, 6) is -5.92. The quantitative estimate of drug-likeness (QED) is 0.0822. The molecule has 3 aromatic rings. The molecule has 3 aromatic carbocycles. The molecule has 0 aromatic heterocycles. The van der Waals surface area contributed by atoms with Gasteiger partial charge in [-0.1, -0.05) is 12.1 Å². The standard InChI is InChI=1S/C33H36BrFN4O13/c1-33(2,3)52-32(46)38-25(17-13-21(40)28(50-5)22(41)14-17)30(44)36-24(15-8-10-23(49-4)18(34)11-15)29(43)37-26(31(45)51-6)27(42)16-7-9-19(35)20(12-16)39(47)48/h7-14,24-27,40-42H,1-6H3,(H,36,44)(H,37,43)(H,38,46)/t24-,25-,26+,27-/m1/s1. The first-order chi connectivity index (χ1) is 24.3. The van der Waals surface area contributed by atoms with Crippen LogP contribution in [0.4, 0.5) is 14.9 Å². The number of alkyl carbamates (subject to hydrolysis) is 1. The molecule has 17 nitrogen and oxygen atoms in total. The first-order valence-electron chi connectivity index (χ1n) is 15.0. The monoisotopic (exact) mass is 794 g/mol. The van der Waals surface area contributed by atoms with E-state index in [2.05, 4.69) is 31.9 Å². The molecular formula is C33H36BrFN4O13. The number of aliphatic hydroxyl groups is 1. The summed E-state index contributed by atoms with van der Waals surface area (Å²) in [6.07, 6.45) is -3.13. The summed E-state index contributed by atoms with van der Waals surface area (Å²) < 4.78 is 34.6. The fraction of sp³-hybridized carbons (Fsp3) is 0.333. The highest BCUT2D eigenvalue weighted by Crippen LogP contribution is 2.38. The number of benzene rings is 3. The summed E-state index contributed by atoms with van der Waals surface area (Å²) in [5, 5.41) is 50.4. The second-order valence-corrected chi connectivity index (χ2v) is 12.8. The van der Waals surface area contributed by atoms with Crippen molar-refractivity contribution >= 4 is 45.5 Å². The van der Waals surface area contributed by atoms with E-state index < -0.39 is 81.6 Å². The minimum absolute atomic E-state index is 0.0606. The van der Waals surface area contributed by atoms with Crippen LogP contribution in [0.2, 0.25) is 0 Å². The van der Waals surface area contributed by atoms with Crippen LogP contribution >= 0.6 is 15.9 Å². The van der Waals surface area contributed by atoms with Crippen LogP contribution in [0.15, 0.2) is 53.0 Å². The van der Waals surface area contributed by atoms with Gasteiger partial charge in [0.1, 0.15) is 29.5 Å². The van der Waals surface area contributed by atoms with Crippen LogP contribution < -0.4 is 25.4 Å². The number of nitrogens with zero attached hydrogens (tertiary/aromatic N) is 1. The van der Waals surface area contributed by atoms with Crippen LogP contribution in [0.1, 0.15) is 55.6 Å². The minimum Gasteiger partial charge on any atom is -0.504 e. The molecular weight excluding hydrogens is 759 g/mol. The number of nitrogens with one attached hydrogen (secondary N) is 3. The van der Waals surface area contributed by atoms with Crippen LogP contribution in [0, 0.1) is 15.9 Å². The lowest BCUT2D eigenvalue weighted by Crippen LogP contribution is -2.51. The molecule has 0 aliphatic heterocycles. The van der Waals surface area contributed by atoms with Gasteiger partial charge in [0.15, 0.2) is 17.5 Å². The number of amides is 3. The van der Waals surface area contributed by atoms with E-state index in [0.717, 1.165) is 25.3 Å². The second-order valence-electron chi connectivity index (χ2n) is 11.9. The number of halogens is 2. The fourth-order valence-electron chi connectivity index (χ4n) is 4.79.